The maximum Gasteiger partial charge on any atom is 0.252 e. The molecule has 1 amide bonds. The Bertz CT molecular complexity index is 1080. The molecule has 1 atom stereocenters. The van der Waals surface area contributed by atoms with Gasteiger partial charge in [0.15, 0.2) is 17.0 Å². The predicted molar refractivity (Wildman–Crippen MR) is 119 cm³/mol. The number of fused-ring (bicyclic) bond motifs is 1. The van der Waals surface area contributed by atoms with Crippen molar-refractivity contribution < 1.29 is 9.53 Å². The highest BCUT2D eigenvalue weighted by atomic mass is 16.5. The predicted octanol–water partition coefficient (Wildman–Crippen LogP) is 1.14. The summed E-state index contributed by atoms with van der Waals surface area (Å²) in [5.74, 6) is 0.697. The number of morpholine rings is 1. The monoisotopic (exact) mass is 422 g/mol. The number of carbonyl (C=O) groups is 1. The van der Waals surface area contributed by atoms with Crippen molar-refractivity contribution in [1.29, 1.82) is 0 Å². The number of hydrogen-bond donors (Lipinski definition) is 2. The van der Waals surface area contributed by atoms with E-state index in [0.29, 0.717) is 54.5 Å². The molecule has 1 unspecified atom stereocenters. The number of anilines is 2. The molecule has 4 rings (SSSR count). The molecule has 3 aromatic rings. The Balaban J connectivity index is 1.64. The van der Waals surface area contributed by atoms with Gasteiger partial charge in [0, 0.05) is 24.2 Å². The Hall–Kier alpha value is -3.37. The van der Waals surface area contributed by atoms with Gasteiger partial charge in [-0.15, -0.1) is 0 Å². The number of nitrogens with two attached hydrogens (primary N) is 1. The van der Waals surface area contributed by atoms with Crippen LogP contribution < -0.4 is 16.0 Å². The number of carbonyl (C=O) groups excluding carboxylic acids is 1. The van der Waals surface area contributed by atoms with E-state index in [9.17, 15) is 4.79 Å². The van der Waals surface area contributed by atoms with E-state index in [1.807, 2.05) is 38.1 Å². The lowest BCUT2D eigenvalue weighted by Crippen LogP contribution is -2.42. The van der Waals surface area contributed by atoms with Gasteiger partial charge in [-0.25, -0.2) is 9.97 Å². The maximum absolute atomic E-state index is 12.4. The van der Waals surface area contributed by atoms with Crippen molar-refractivity contribution in [2.45, 2.75) is 13.1 Å². The largest absolute Gasteiger partial charge is 0.378 e. The molecule has 10 nitrogen and oxygen atoms in total. The highest BCUT2D eigenvalue weighted by molar-refractivity contribution is 5.95. The van der Waals surface area contributed by atoms with Gasteiger partial charge in [-0.3, -0.25) is 9.69 Å². The Kier molecular flexibility index (Phi) is 5.92. The molecule has 0 saturated carbocycles. The van der Waals surface area contributed by atoms with Gasteiger partial charge in [0.2, 0.25) is 5.95 Å². The number of nitrogens with zero attached hydrogens (tertiary/aromatic N) is 6. The van der Waals surface area contributed by atoms with Crippen LogP contribution in [0.2, 0.25) is 0 Å². The summed E-state index contributed by atoms with van der Waals surface area (Å²) in [6.45, 7) is 4.57. The first-order valence-electron chi connectivity index (χ1n) is 10.1. The zero-order valence-corrected chi connectivity index (χ0v) is 17.9. The molecule has 0 spiro atoms. The van der Waals surface area contributed by atoms with Crippen LogP contribution in [-0.4, -0.2) is 77.3 Å². The molecule has 1 aliphatic rings. The molecule has 0 radical (unpaired) electrons. The second kappa shape index (κ2) is 8.78. The molecule has 31 heavy (non-hydrogen) atoms. The van der Waals surface area contributed by atoms with Crippen LogP contribution in [0.15, 0.2) is 30.5 Å². The van der Waals surface area contributed by atoms with Gasteiger partial charge in [0.25, 0.3) is 5.91 Å². The summed E-state index contributed by atoms with van der Waals surface area (Å²) >= 11 is 0. The Morgan fingerprint density at radius 3 is 2.55 bits per heavy atom. The summed E-state index contributed by atoms with van der Waals surface area (Å²) in [5, 5.41) is 2.94. The molecular weight excluding hydrogens is 396 g/mol. The second-order valence-electron chi connectivity index (χ2n) is 7.62. The minimum absolute atomic E-state index is 0.0652. The van der Waals surface area contributed by atoms with Gasteiger partial charge >= 0.3 is 0 Å². The molecule has 2 aromatic heterocycles. The summed E-state index contributed by atoms with van der Waals surface area (Å²) in [6.07, 6.45) is 1.59. The van der Waals surface area contributed by atoms with Crippen molar-refractivity contribution in [2.75, 3.05) is 51.0 Å². The van der Waals surface area contributed by atoms with E-state index in [-0.39, 0.29) is 18.0 Å². The van der Waals surface area contributed by atoms with E-state index in [1.165, 1.54) is 0 Å². The van der Waals surface area contributed by atoms with Crippen molar-refractivity contribution in [2.24, 2.45) is 0 Å². The zero-order valence-electron chi connectivity index (χ0n) is 17.9. The minimum Gasteiger partial charge on any atom is -0.378 e. The van der Waals surface area contributed by atoms with Crippen LogP contribution in [-0.2, 0) is 4.74 Å². The summed E-state index contributed by atoms with van der Waals surface area (Å²) in [6, 6.07) is 7.28. The van der Waals surface area contributed by atoms with Crippen LogP contribution in [0.25, 0.3) is 22.4 Å². The Morgan fingerprint density at radius 1 is 1.16 bits per heavy atom. The lowest BCUT2D eigenvalue weighted by atomic mass is 10.1. The highest BCUT2D eigenvalue weighted by Gasteiger charge is 2.19. The first kappa shape index (κ1) is 20.9. The Labute approximate surface area is 180 Å². The van der Waals surface area contributed by atoms with Gasteiger partial charge in [0.1, 0.15) is 0 Å². The lowest BCUT2D eigenvalue weighted by molar-refractivity contribution is 0.0900. The standard InChI is InChI=1S/C21H26N8O2/c1-13(28(2)3)24-20(30)15-6-4-14(5-7-15)16-12-23-18-17(25-16)19(27-21(22)26-18)29-8-10-31-11-9-29/h4-7,12-13H,8-11H2,1-3H3,(H,24,30)(H2,22,23,26,27). The Morgan fingerprint density at radius 2 is 1.87 bits per heavy atom. The third kappa shape index (κ3) is 4.54. The van der Waals surface area contributed by atoms with E-state index in [4.69, 9.17) is 15.5 Å². The van der Waals surface area contributed by atoms with E-state index in [1.54, 1.807) is 18.3 Å². The molecule has 1 aliphatic heterocycles. The van der Waals surface area contributed by atoms with E-state index < -0.39 is 0 Å². The first-order chi connectivity index (χ1) is 14.9. The number of nitrogen functional groups attached to an aromatic ring is 1. The number of rotatable bonds is 5. The fraction of sp³-hybridized carbons (Fsp3) is 0.381. The molecule has 1 fully saturated rings. The van der Waals surface area contributed by atoms with E-state index in [0.717, 1.165) is 5.56 Å². The summed E-state index contributed by atoms with van der Waals surface area (Å²) in [4.78, 5) is 34.3. The van der Waals surface area contributed by atoms with E-state index in [2.05, 4.69) is 25.2 Å². The fourth-order valence-corrected chi connectivity index (χ4v) is 3.24. The first-order valence-corrected chi connectivity index (χ1v) is 10.1. The third-order valence-electron chi connectivity index (χ3n) is 5.27. The molecule has 3 heterocycles. The lowest BCUT2D eigenvalue weighted by Gasteiger charge is -2.28. The molecule has 0 aliphatic carbocycles. The van der Waals surface area contributed by atoms with Crippen LogP contribution in [0, 0.1) is 0 Å². The van der Waals surface area contributed by atoms with Gasteiger partial charge < -0.3 is 20.7 Å². The maximum atomic E-state index is 12.4. The average molecular weight is 422 g/mol. The molecule has 10 heteroatoms. The van der Waals surface area contributed by atoms with Crippen LogP contribution in [0.1, 0.15) is 17.3 Å². The van der Waals surface area contributed by atoms with Crippen molar-refractivity contribution >= 4 is 28.8 Å². The average Bonchev–Trinajstić information content (AvgIpc) is 2.78. The minimum atomic E-state index is -0.129. The van der Waals surface area contributed by atoms with Crippen molar-refractivity contribution in [3.8, 4) is 11.3 Å². The summed E-state index contributed by atoms with van der Waals surface area (Å²) in [7, 11) is 3.82. The third-order valence-corrected chi connectivity index (χ3v) is 5.27. The van der Waals surface area contributed by atoms with Gasteiger partial charge in [-0.2, -0.15) is 9.97 Å². The number of hydrogen-bond acceptors (Lipinski definition) is 9. The molecule has 162 valence electrons. The van der Waals surface area contributed by atoms with Crippen molar-refractivity contribution in [3.05, 3.63) is 36.0 Å². The van der Waals surface area contributed by atoms with Gasteiger partial charge in [-0.1, -0.05) is 12.1 Å². The second-order valence-corrected chi connectivity index (χ2v) is 7.62. The van der Waals surface area contributed by atoms with Crippen LogP contribution in [0.5, 0.6) is 0 Å². The smallest absolute Gasteiger partial charge is 0.252 e. The van der Waals surface area contributed by atoms with Crippen LogP contribution >= 0.6 is 0 Å². The van der Waals surface area contributed by atoms with Crippen molar-refractivity contribution in [3.63, 3.8) is 0 Å². The number of ether oxygens (including phenoxy) is 1. The molecule has 1 saturated heterocycles. The topological polar surface area (TPSA) is 122 Å². The number of aromatic nitrogens is 4. The summed E-state index contributed by atoms with van der Waals surface area (Å²) in [5.41, 5.74) is 9.03. The SMILES string of the molecule is CC(NC(=O)c1ccc(-c2cnc3nc(N)nc(N4CCOCC4)c3n2)cc1)N(C)C. The number of nitrogens with one attached hydrogen (secondary N) is 1. The van der Waals surface area contributed by atoms with Crippen molar-refractivity contribution in [1.82, 2.24) is 30.2 Å². The number of amides is 1. The normalized spacial score (nSPS) is 15.3. The fourth-order valence-electron chi connectivity index (χ4n) is 3.24. The van der Waals surface area contributed by atoms with Crippen LogP contribution in [0.3, 0.4) is 0 Å². The molecular formula is C21H26N8O2. The highest BCUT2D eigenvalue weighted by Crippen LogP contribution is 2.26. The zero-order chi connectivity index (χ0) is 22.0. The van der Waals surface area contributed by atoms with Gasteiger partial charge in [0.05, 0.1) is 31.3 Å². The molecule has 1 aromatic carbocycles. The van der Waals surface area contributed by atoms with E-state index >= 15 is 0 Å². The quantitative estimate of drug-likeness (QED) is 0.583. The summed E-state index contributed by atoms with van der Waals surface area (Å²) < 4.78 is 5.44. The molecule has 0 bridgehead atoms. The van der Waals surface area contributed by atoms with Gasteiger partial charge in [-0.05, 0) is 33.2 Å². The number of benzene rings is 1. The molecule has 3 N–H and O–H groups in total. The van der Waals surface area contributed by atoms with Crippen LogP contribution in [0.4, 0.5) is 11.8 Å².